The molecule has 1 saturated carbocycles. The molecule has 1 aliphatic heterocycles. The fourth-order valence-electron chi connectivity index (χ4n) is 5.89. The summed E-state index contributed by atoms with van der Waals surface area (Å²) in [6, 6.07) is 18.8. The van der Waals surface area contributed by atoms with Crippen LogP contribution >= 0.6 is 11.3 Å². The summed E-state index contributed by atoms with van der Waals surface area (Å²) in [6.45, 7) is 5.21. The van der Waals surface area contributed by atoms with Gasteiger partial charge in [-0.1, -0.05) is 24.3 Å². The summed E-state index contributed by atoms with van der Waals surface area (Å²) < 4.78 is 2.00. The van der Waals surface area contributed by atoms with Gasteiger partial charge in [-0.3, -0.25) is 14.0 Å². The fraction of sp³-hybridized carbons (Fsp3) is 0.273. The van der Waals surface area contributed by atoms with E-state index in [1.165, 1.54) is 0 Å². The van der Waals surface area contributed by atoms with Crippen LogP contribution in [0.5, 0.6) is 0 Å². The van der Waals surface area contributed by atoms with E-state index in [-0.39, 0.29) is 17.2 Å². The minimum Gasteiger partial charge on any atom is -0.397 e. The Morgan fingerprint density at radius 1 is 0.930 bits per heavy atom. The molecule has 2 amide bonds. The van der Waals surface area contributed by atoms with Gasteiger partial charge < -0.3 is 20.9 Å². The van der Waals surface area contributed by atoms with Crippen LogP contribution in [0.2, 0.25) is 0 Å². The summed E-state index contributed by atoms with van der Waals surface area (Å²) in [4.78, 5) is 40.2. The van der Waals surface area contributed by atoms with E-state index < -0.39 is 0 Å². The molecule has 10 heteroatoms. The van der Waals surface area contributed by atoms with Crippen LogP contribution in [-0.4, -0.2) is 69.2 Å². The minimum atomic E-state index is -0.195. The van der Waals surface area contributed by atoms with E-state index in [2.05, 4.69) is 22.6 Å². The number of nitrogens with zero attached hydrogens (tertiary/aromatic N) is 5. The molecule has 7 rings (SSSR count). The van der Waals surface area contributed by atoms with Crippen LogP contribution < -0.4 is 11.1 Å². The Balaban J connectivity index is 1.14. The lowest BCUT2D eigenvalue weighted by atomic mass is 9.95. The second-order valence-electron chi connectivity index (χ2n) is 11.5. The lowest BCUT2D eigenvalue weighted by Crippen LogP contribution is -2.47. The molecule has 1 saturated heterocycles. The fourth-order valence-corrected chi connectivity index (χ4v) is 6.98. The number of hydrogen-bond donors (Lipinski definition) is 2. The molecular formula is C33H33N7O2S. The van der Waals surface area contributed by atoms with E-state index in [0.717, 1.165) is 72.3 Å². The molecule has 0 unspecified atom stereocenters. The third-order valence-corrected chi connectivity index (χ3v) is 9.69. The number of thiazole rings is 1. The predicted octanol–water partition coefficient (Wildman–Crippen LogP) is 5.07. The normalized spacial score (nSPS) is 16.4. The summed E-state index contributed by atoms with van der Waals surface area (Å²) in [7, 11) is 2.08. The number of aryl methyl sites for hydroxylation is 1. The van der Waals surface area contributed by atoms with Gasteiger partial charge in [0.05, 0.1) is 28.3 Å². The van der Waals surface area contributed by atoms with Crippen molar-refractivity contribution in [3.8, 4) is 11.4 Å². The lowest BCUT2D eigenvalue weighted by molar-refractivity contribution is 0.0663. The first-order chi connectivity index (χ1) is 20.8. The molecule has 2 aromatic carbocycles. The number of likely N-dealkylation sites (N-methyl/N-ethyl adjacent to an activating group) is 1. The molecule has 9 nitrogen and oxygen atoms in total. The Hall–Kier alpha value is -4.54. The molecule has 4 heterocycles. The summed E-state index contributed by atoms with van der Waals surface area (Å²) in [5.41, 5.74) is 12.8. The van der Waals surface area contributed by atoms with E-state index in [1.807, 2.05) is 71.0 Å². The number of rotatable bonds is 6. The minimum absolute atomic E-state index is 0.0487. The number of amides is 2. The largest absolute Gasteiger partial charge is 0.397 e. The average molecular weight is 592 g/mol. The zero-order valence-corrected chi connectivity index (χ0v) is 25.0. The number of carbonyl (C=O) groups excluding carboxylic acids is 2. The molecule has 5 aromatic rings. The third kappa shape index (κ3) is 4.96. The van der Waals surface area contributed by atoms with Gasteiger partial charge in [-0.2, -0.15) is 0 Å². The number of nitrogens with one attached hydrogen (secondary N) is 1. The van der Waals surface area contributed by atoms with Crippen molar-refractivity contribution in [3.05, 3.63) is 99.6 Å². The van der Waals surface area contributed by atoms with Crippen LogP contribution in [0.25, 0.3) is 17.0 Å². The van der Waals surface area contributed by atoms with E-state index in [9.17, 15) is 9.59 Å². The first-order valence-corrected chi connectivity index (χ1v) is 15.4. The highest BCUT2D eigenvalue weighted by Gasteiger charge is 2.48. The van der Waals surface area contributed by atoms with Crippen LogP contribution in [0, 0.1) is 6.92 Å². The van der Waals surface area contributed by atoms with Gasteiger partial charge in [0.25, 0.3) is 11.8 Å². The monoisotopic (exact) mass is 591 g/mol. The number of hydrogen-bond acceptors (Lipinski definition) is 7. The van der Waals surface area contributed by atoms with Crippen LogP contribution in [0.4, 0.5) is 11.4 Å². The second kappa shape index (κ2) is 10.6. The van der Waals surface area contributed by atoms with E-state index in [0.29, 0.717) is 22.5 Å². The van der Waals surface area contributed by atoms with Crippen molar-refractivity contribution in [1.82, 2.24) is 24.2 Å². The van der Waals surface area contributed by atoms with Crippen molar-refractivity contribution in [2.75, 3.05) is 44.3 Å². The number of aromatic nitrogens is 3. The smallest absolute Gasteiger partial charge is 0.255 e. The number of pyridine rings is 1. The summed E-state index contributed by atoms with van der Waals surface area (Å²) in [5.74, 6) is -0.146. The van der Waals surface area contributed by atoms with Gasteiger partial charge in [-0.25, -0.2) is 9.97 Å². The number of nitrogen functional groups attached to an aromatic ring is 1. The Bertz CT molecular complexity index is 1850. The van der Waals surface area contributed by atoms with Gasteiger partial charge in [-0.15, -0.1) is 11.3 Å². The maximum atomic E-state index is 13.3. The highest BCUT2D eigenvalue weighted by Crippen LogP contribution is 2.54. The van der Waals surface area contributed by atoms with Crippen molar-refractivity contribution in [2.45, 2.75) is 25.2 Å². The number of anilines is 2. The molecule has 0 spiro atoms. The molecule has 3 aromatic heterocycles. The lowest BCUT2D eigenvalue weighted by Gasteiger charge is -2.32. The zero-order valence-electron chi connectivity index (χ0n) is 24.2. The average Bonchev–Trinajstić information content (AvgIpc) is 3.56. The molecule has 218 valence electrons. The van der Waals surface area contributed by atoms with Gasteiger partial charge >= 0.3 is 0 Å². The summed E-state index contributed by atoms with van der Waals surface area (Å²) in [6.07, 6.45) is 3.91. The predicted molar refractivity (Wildman–Crippen MR) is 170 cm³/mol. The molecule has 0 radical (unpaired) electrons. The van der Waals surface area contributed by atoms with Gasteiger partial charge in [0.2, 0.25) is 0 Å². The molecule has 2 aliphatic rings. The van der Waals surface area contributed by atoms with Crippen molar-refractivity contribution in [3.63, 3.8) is 0 Å². The van der Waals surface area contributed by atoms with Crippen molar-refractivity contribution >= 4 is 40.2 Å². The molecule has 1 aliphatic carbocycles. The van der Waals surface area contributed by atoms with E-state index in [1.54, 1.807) is 23.5 Å². The highest BCUT2D eigenvalue weighted by molar-refractivity contribution is 7.10. The van der Waals surface area contributed by atoms with Gasteiger partial charge in [-0.05, 0) is 68.8 Å². The van der Waals surface area contributed by atoms with Crippen molar-refractivity contribution in [1.29, 1.82) is 0 Å². The Morgan fingerprint density at radius 3 is 2.37 bits per heavy atom. The molecule has 43 heavy (non-hydrogen) atoms. The topological polar surface area (TPSA) is 109 Å². The first-order valence-electron chi connectivity index (χ1n) is 14.5. The van der Waals surface area contributed by atoms with Crippen LogP contribution in [-0.2, 0) is 5.41 Å². The van der Waals surface area contributed by atoms with Gasteiger partial charge in [0.1, 0.15) is 16.3 Å². The number of benzene rings is 2. The second-order valence-corrected chi connectivity index (χ2v) is 12.4. The number of para-hydroxylation sites is 2. The number of piperazine rings is 1. The maximum absolute atomic E-state index is 13.3. The van der Waals surface area contributed by atoms with Crippen molar-refractivity contribution < 1.29 is 9.59 Å². The standard InChI is InChI=1S/C33H33N7O2S/c1-21-29(40-19-23(9-12-28(40)35-21)31(42)39-17-15-38(2)16-18-39)27-20-43-32(37-27)33(13-14-33)24-10-7-22(8-11-24)30(41)36-26-6-4-3-5-25(26)34/h3-12,19-20H,13-18,34H2,1-2H3,(H,36,41). The third-order valence-electron chi connectivity index (χ3n) is 8.65. The zero-order chi connectivity index (χ0) is 29.7. The maximum Gasteiger partial charge on any atom is 0.255 e. The molecule has 3 N–H and O–H groups in total. The summed E-state index contributed by atoms with van der Waals surface area (Å²) in [5, 5.41) is 6.04. The number of imidazole rings is 1. The quantitative estimate of drug-likeness (QED) is 0.267. The number of carbonyl (C=O) groups is 2. The SMILES string of the molecule is Cc1nc2ccc(C(=O)N3CCN(C)CC3)cn2c1-c1csc(C2(c3ccc(C(=O)Nc4ccccc4N)cc3)CC2)n1. The highest BCUT2D eigenvalue weighted by atomic mass is 32.1. The Labute approximate surface area is 254 Å². The Kier molecular flexibility index (Phi) is 6.75. The molecule has 0 bridgehead atoms. The van der Waals surface area contributed by atoms with E-state index >= 15 is 0 Å². The van der Waals surface area contributed by atoms with Crippen LogP contribution in [0.3, 0.4) is 0 Å². The Morgan fingerprint density at radius 2 is 1.65 bits per heavy atom. The van der Waals surface area contributed by atoms with Gasteiger partial charge in [0.15, 0.2) is 0 Å². The van der Waals surface area contributed by atoms with E-state index in [4.69, 9.17) is 15.7 Å². The molecule has 2 fully saturated rings. The van der Waals surface area contributed by atoms with Gasteiger partial charge in [0, 0.05) is 48.7 Å². The van der Waals surface area contributed by atoms with Crippen LogP contribution in [0.15, 0.2) is 72.2 Å². The number of fused-ring (bicyclic) bond motifs is 1. The van der Waals surface area contributed by atoms with Crippen LogP contribution in [0.1, 0.15) is 49.8 Å². The number of nitrogens with two attached hydrogens (primary N) is 1. The molecular weight excluding hydrogens is 558 g/mol. The summed E-state index contributed by atoms with van der Waals surface area (Å²) >= 11 is 1.65. The molecule has 0 atom stereocenters. The first kappa shape index (κ1) is 27.3. The van der Waals surface area contributed by atoms with Crippen molar-refractivity contribution in [2.24, 2.45) is 0 Å².